The molecule has 1 N–H and O–H groups in total. The van der Waals surface area contributed by atoms with Gasteiger partial charge in [-0.25, -0.2) is 0 Å². The molecule has 1 atom stereocenters. The Kier molecular flexibility index (Phi) is 7.45. The molecule has 0 fully saturated rings. The minimum Gasteiger partial charge on any atom is -0.487 e. The first-order valence-corrected chi connectivity index (χ1v) is 9.32. The molecule has 0 bridgehead atoms. The molecule has 144 valence electrons. The van der Waals surface area contributed by atoms with E-state index < -0.39 is 0 Å². The summed E-state index contributed by atoms with van der Waals surface area (Å²) in [7, 11) is 0. The fraction of sp³-hybridized carbons (Fsp3) is 0.600. The Morgan fingerprint density at radius 1 is 1.35 bits per heavy atom. The molecule has 0 saturated carbocycles. The number of aryl methyl sites for hydroxylation is 1. The molecule has 26 heavy (non-hydrogen) atoms. The summed E-state index contributed by atoms with van der Waals surface area (Å²) in [5.74, 6) is 0.566. The number of nitrogens with one attached hydrogen (secondary N) is 1. The summed E-state index contributed by atoms with van der Waals surface area (Å²) in [4.78, 5) is 26.3. The lowest BCUT2D eigenvalue weighted by Gasteiger charge is -2.33. The van der Waals surface area contributed by atoms with Gasteiger partial charge in [0.05, 0.1) is 18.3 Å². The van der Waals surface area contributed by atoms with Crippen molar-refractivity contribution >= 4 is 17.5 Å². The maximum absolute atomic E-state index is 12.6. The lowest BCUT2D eigenvalue weighted by molar-refractivity contribution is -0.125. The van der Waals surface area contributed by atoms with Gasteiger partial charge >= 0.3 is 0 Å². The van der Waals surface area contributed by atoms with Gasteiger partial charge in [0.15, 0.2) is 0 Å². The average Bonchev–Trinajstić information content (AvgIpc) is 2.58. The van der Waals surface area contributed by atoms with Crippen molar-refractivity contribution in [3.8, 4) is 5.75 Å². The van der Waals surface area contributed by atoms with E-state index in [9.17, 15) is 9.59 Å². The van der Waals surface area contributed by atoms with Gasteiger partial charge in [-0.15, -0.1) is 0 Å². The fourth-order valence-electron chi connectivity index (χ4n) is 2.85. The first-order valence-electron chi connectivity index (χ1n) is 9.32. The van der Waals surface area contributed by atoms with Gasteiger partial charge in [-0.05, 0) is 51.8 Å². The highest BCUT2D eigenvalue weighted by Gasteiger charge is 2.27. The van der Waals surface area contributed by atoms with Crippen LogP contribution in [0.1, 0.15) is 45.6 Å². The number of nitrogens with zero attached hydrogens (tertiary/aromatic N) is 1. The zero-order valence-electron chi connectivity index (χ0n) is 16.2. The number of ether oxygens (including phenoxy) is 2. The Hall–Kier alpha value is -2.08. The summed E-state index contributed by atoms with van der Waals surface area (Å²) < 4.78 is 11.2. The summed E-state index contributed by atoms with van der Waals surface area (Å²) in [5.41, 5.74) is 1.86. The van der Waals surface area contributed by atoms with Crippen LogP contribution in [0.4, 0.5) is 5.69 Å². The van der Waals surface area contributed by atoms with Crippen molar-refractivity contribution < 1.29 is 19.1 Å². The van der Waals surface area contributed by atoms with Gasteiger partial charge in [-0.1, -0.05) is 6.07 Å². The molecule has 0 aromatic heterocycles. The zero-order chi connectivity index (χ0) is 19.1. The van der Waals surface area contributed by atoms with Crippen molar-refractivity contribution in [3.05, 3.63) is 23.8 Å². The molecule has 1 aliphatic heterocycles. The second-order valence-corrected chi connectivity index (χ2v) is 7.03. The van der Waals surface area contributed by atoms with E-state index in [0.717, 1.165) is 23.4 Å². The quantitative estimate of drug-likeness (QED) is 0.722. The van der Waals surface area contributed by atoms with E-state index >= 15 is 0 Å². The standard InChI is InChI=1S/C20H30N2O4/c1-14(2)25-11-5-10-21-19(23)8-9-20(24)22-13-16(4)26-18-7-6-15(3)12-17(18)22/h6-7,12,14,16H,5,8-11,13H2,1-4H3,(H,21,23). The lowest BCUT2D eigenvalue weighted by Crippen LogP contribution is -2.42. The minimum absolute atomic E-state index is 0.0507. The van der Waals surface area contributed by atoms with E-state index in [-0.39, 0.29) is 36.9 Å². The Labute approximate surface area is 155 Å². The molecular formula is C20H30N2O4. The molecule has 0 spiro atoms. The average molecular weight is 362 g/mol. The van der Waals surface area contributed by atoms with Crippen LogP contribution in [0.15, 0.2) is 18.2 Å². The predicted molar refractivity (Wildman–Crippen MR) is 102 cm³/mol. The molecule has 0 radical (unpaired) electrons. The summed E-state index contributed by atoms with van der Waals surface area (Å²) in [6, 6.07) is 5.82. The van der Waals surface area contributed by atoms with Crippen LogP contribution in [0, 0.1) is 6.92 Å². The lowest BCUT2D eigenvalue weighted by atomic mass is 10.1. The maximum atomic E-state index is 12.6. The third kappa shape index (κ3) is 6.02. The molecule has 1 aromatic rings. The zero-order valence-corrected chi connectivity index (χ0v) is 16.2. The van der Waals surface area contributed by atoms with Gasteiger partial charge in [-0.2, -0.15) is 0 Å². The van der Waals surface area contributed by atoms with Crippen molar-refractivity contribution in [2.45, 2.75) is 59.2 Å². The number of benzene rings is 1. The Balaban J connectivity index is 1.81. The largest absolute Gasteiger partial charge is 0.487 e. The van der Waals surface area contributed by atoms with Crippen molar-refractivity contribution in [2.75, 3.05) is 24.6 Å². The van der Waals surface area contributed by atoms with E-state index in [1.807, 2.05) is 45.9 Å². The van der Waals surface area contributed by atoms with Crippen LogP contribution in [0.25, 0.3) is 0 Å². The molecule has 2 rings (SSSR count). The van der Waals surface area contributed by atoms with Crippen molar-refractivity contribution in [2.24, 2.45) is 0 Å². The number of carbonyl (C=O) groups is 2. The van der Waals surface area contributed by atoms with Crippen LogP contribution >= 0.6 is 0 Å². The maximum Gasteiger partial charge on any atom is 0.227 e. The van der Waals surface area contributed by atoms with Gasteiger partial charge in [0.1, 0.15) is 11.9 Å². The Bertz CT molecular complexity index is 630. The molecule has 1 aromatic carbocycles. The number of hydrogen-bond acceptors (Lipinski definition) is 4. The van der Waals surface area contributed by atoms with Crippen LogP contribution < -0.4 is 15.0 Å². The molecule has 2 amide bonds. The third-order valence-corrected chi connectivity index (χ3v) is 4.13. The van der Waals surface area contributed by atoms with Gasteiger partial charge in [0, 0.05) is 26.0 Å². The van der Waals surface area contributed by atoms with E-state index in [2.05, 4.69) is 5.32 Å². The van der Waals surface area contributed by atoms with E-state index in [4.69, 9.17) is 9.47 Å². The molecule has 6 nitrogen and oxygen atoms in total. The summed E-state index contributed by atoms with van der Waals surface area (Å²) in [6.07, 6.45) is 1.28. The first-order chi connectivity index (χ1) is 12.4. The Morgan fingerprint density at radius 3 is 2.85 bits per heavy atom. The normalized spacial score (nSPS) is 16.2. The molecule has 1 heterocycles. The fourth-order valence-corrected chi connectivity index (χ4v) is 2.85. The Morgan fingerprint density at radius 2 is 2.12 bits per heavy atom. The topological polar surface area (TPSA) is 67.9 Å². The van der Waals surface area contributed by atoms with Crippen molar-refractivity contribution in [3.63, 3.8) is 0 Å². The minimum atomic E-state index is -0.103. The van der Waals surface area contributed by atoms with Gasteiger partial charge in [-0.3, -0.25) is 9.59 Å². The highest BCUT2D eigenvalue weighted by Crippen LogP contribution is 2.34. The number of amides is 2. The predicted octanol–water partition coefficient (Wildman–Crippen LogP) is 2.82. The van der Waals surface area contributed by atoms with Gasteiger partial charge in [0.2, 0.25) is 11.8 Å². The van der Waals surface area contributed by atoms with Crippen LogP contribution in [0.3, 0.4) is 0 Å². The third-order valence-electron chi connectivity index (χ3n) is 4.13. The van der Waals surface area contributed by atoms with Gasteiger partial charge < -0.3 is 19.7 Å². The van der Waals surface area contributed by atoms with Crippen molar-refractivity contribution in [1.82, 2.24) is 5.32 Å². The molecule has 6 heteroatoms. The number of carbonyl (C=O) groups excluding carboxylic acids is 2. The summed E-state index contributed by atoms with van der Waals surface area (Å²) >= 11 is 0. The molecular weight excluding hydrogens is 332 g/mol. The molecule has 0 aliphatic carbocycles. The van der Waals surface area contributed by atoms with Crippen LogP contribution in [0.2, 0.25) is 0 Å². The molecule has 0 saturated heterocycles. The molecule has 1 unspecified atom stereocenters. The van der Waals surface area contributed by atoms with Crippen molar-refractivity contribution in [1.29, 1.82) is 0 Å². The van der Waals surface area contributed by atoms with E-state index in [1.54, 1.807) is 4.90 Å². The molecule has 1 aliphatic rings. The first kappa shape index (κ1) is 20.2. The SMILES string of the molecule is Cc1ccc2c(c1)N(C(=O)CCC(=O)NCCCOC(C)C)CC(C)O2. The van der Waals surface area contributed by atoms with Crippen LogP contribution in [-0.2, 0) is 14.3 Å². The number of hydrogen-bond donors (Lipinski definition) is 1. The number of anilines is 1. The monoisotopic (exact) mass is 362 g/mol. The highest BCUT2D eigenvalue weighted by molar-refractivity contribution is 5.97. The highest BCUT2D eigenvalue weighted by atomic mass is 16.5. The smallest absolute Gasteiger partial charge is 0.227 e. The van der Waals surface area contributed by atoms with Crippen LogP contribution in [-0.4, -0.2) is 43.7 Å². The van der Waals surface area contributed by atoms with Crippen LogP contribution in [0.5, 0.6) is 5.75 Å². The van der Waals surface area contributed by atoms with E-state index in [1.165, 1.54) is 0 Å². The summed E-state index contributed by atoms with van der Waals surface area (Å²) in [5, 5.41) is 2.84. The summed E-state index contributed by atoms with van der Waals surface area (Å²) in [6.45, 7) is 9.58. The number of rotatable bonds is 8. The second-order valence-electron chi connectivity index (χ2n) is 7.03. The second kappa shape index (κ2) is 9.57. The van der Waals surface area contributed by atoms with E-state index in [0.29, 0.717) is 19.7 Å². The number of fused-ring (bicyclic) bond motifs is 1. The van der Waals surface area contributed by atoms with Gasteiger partial charge in [0.25, 0.3) is 0 Å².